The molecule has 1 aromatic rings. The first kappa shape index (κ1) is 23.1. The maximum Gasteiger partial charge on any atom is 0.308 e. The molecule has 3 amide bonds. The monoisotopic (exact) mass is 395 g/mol. The zero-order valence-electron chi connectivity index (χ0n) is 16.2. The summed E-state index contributed by atoms with van der Waals surface area (Å²) < 4.78 is 18.8. The van der Waals surface area contributed by atoms with Crippen LogP contribution in [0, 0.1) is 11.7 Å². The molecule has 0 saturated carbocycles. The Morgan fingerprint density at radius 3 is 2.32 bits per heavy atom. The average Bonchev–Trinajstić information content (AvgIpc) is 2.61. The Morgan fingerprint density at radius 1 is 1.14 bits per heavy atom. The van der Waals surface area contributed by atoms with Crippen LogP contribution in [-0.2, 0) is 30.3 Å². The second kappa shape index (κ2) is 11.0. The molecule has 1 rings (SSSR count). The molecule has 0 fully saturated rings. The molecular formula is C19H26FN3O5. The number of benzene rings is 1. The molecular weight excluding hydrogens is 369 g/mol. The number of amides is 3. The van der Waals surface area contributed by atoms with E-state index < -0.39 is 47.5 Å². The standard InChI is InChI=1S/C19H26FN3O5/c1-4-28-19(27)11(2)9-15(17(21)25)23-18(26)16(22-12(3)24)10-13-7-5-6-8-14(13)20/h5-8,11,15-16H,4,9-10H2,1-3H3,(H2,21,25)(H,22,24)(H,23,26)/t11-,15-,16-/m0/s1. The van der Waals surface area contributed by atoms with Crippen LogP contribution < -0.4 is 16.4 Å². The van der Waals surface area contributed by atoms with E-state index in [1.54, 1.807) is 19.9 Å². The van der Waals surface area contributed by atoms with Crippen LogP contribution in [0.15, 0.2) is 24.3 Å². The highest BCUT2D eigenvalue weighted by atomic mass is 19.1. The summed E-state index contributed by atoms with van der Waals surface area (Å²) in [4.78, 5) is 47.5. The van der Waals surface area contributed by atoms with Crippen LogP contribution in [0.25, 0.3) is 0 Å². The first-order valence-corrected chi connectivity index (χ1v) is 8.92. The van der Waals surface area contributed by atoms with Crippen molar-refractivity contribution in [3.63, 3.8) is 0 Å². The molecule has 0 spiro atoms. The van der Waals surface area contributed by atoms with Crippen molar-refractivity contribution in [2.45, 2.75) is 45.7 Å². The lowest BCUT2D eigenvalue weighted by atomic mass is 10.00. The number of carbonyl (C=O) groups excluding carboxylic acids is 4. The fourth-order valence-corrected chi connectivity index (χ4v) is 2.59. The summed E-state index contributed by atoms with van der Waals surface area (Å²) in [5.74, 6) is -3.76. The van der Waals surface area contributed by atoms with Crippen molar-refractivity contribution in [1.29, 1.82) is 0 Å². The average molecular weight is 395 g/mol. The van der Waals surface area contributed by atoms with Crippen LogP contribution in [0.5, 0.6) is 0 Å². The molecule has 1 aromatic carbocycles. The Bertz CT molecular complexity index is 725. The van der Waals surface area contributed by atoms with Crippen molar-refractivity contribution in [2.75, 3.05) is 6.61 Å². The first-order valence-electron chi connectivity index (χ1n) is 8.92. The summed E-state index contributed by atoms with van der Waals surface area (Å²) >= 11 is 0. The van der Waals surface area contributed by atoms with E-state index in [1.165, 1.54) is 25.1 Å². The predicted octanol–water partition coefficient (Wildman–Crippen LogP) is 0.432. The normalized spacial score (nSPS) is 13.7. The highest BCUT2D eigenvalue weighted by Gasteiger charge is 2.29. The van der Waals surface area contributed by atoms with Gasteiger partial charge in [0.2, 0.25) is 17.7 Å². The lowest BCUT2D eigenvalue weighted by Crippen LogP contribution is -2.54. The van der Waals surface area contributed by atoms with Crippen LogP contribution in [0.4, 0.5) is 4.39 Å². The van der Waals surface area contributed by atoms with E-state index in [1.807, 2.05) is 0 Å². The molecule has 0 saturated heterocycles. The van der Waals surface area contributed by atoms with E-state index in [0.717, 1.165) is 0 Å². The topological polar surface area (TPSA) is 128 Å². The molecule has 0 unspecified atom stereocenters. The molecule has 0 aliphatic rings. The van der Waals surface area contributed by atoms with Gasteiger partial charge in [-0.1, -0.05) is 25.1 Å². The molecule has 0 aromatic heterocycles. The van der Waals surface area contributed by atoms with Gasteiger partial charge in [-0.25, -0.2) is 4.39 Å². The fourth-order valence-electron chi connectivity index (χ4n) is 2.59. The van der Waals surface area contributed by atoms with E-state index in [9.17, 15) is 23.6 Å². The second-order valence-electron chi connectivity index (χ2n) is 6.40. The highest BCUT2D eigenvalue weighted by molar-refractivity contribution is 5.91. The van der Waals surface area contributed by atoms with Gasteiger partial charge in [0.1, 0.15) is 17.9 Å². The zero-order chi connectivity index (χ0) is 21.3. The van der Waals surface area contributed by atoms with Gasteiger partial charge in [0.25, 0.3) is 0 Å². The van der Waals surface area contributed by atoms with Crippen LogP contribution >= 0.6 is 0 Å². The van der Waals surface area contributed by atoms with Gasteiger partial charge in [-0.15, -0.1) is 0 Å². The summed E-state index contributed by atoms with van der Waals surface area (Å²) in [6.07, 6.45) is -0.177. The van der Waals surface area contributed by atoms with E-state index in [0.29, 0.717) is 0 Å². The van der Waals surface area contributed by atoms with Gasteiger partial charge in [-0.2, -0.15) is 0 Å². The Hall–Kier alpha value is -2.97. The number of esters is 1. The number of nitrogens with one attached hydrogen (secondary N) is 2. The first-order chi connectivity index (χ1) is 13.1. The third-order valence-corrected chi connectivity index (χ3v) is 4.01. The molecule has 154 valence electrons. The summed E-state index contributed by atoms with van der Waals surface area (Å²) in [6, 6.07) is 3.58. The van der Waals surface area contributed by atoms with Gasteiger partial charge >= 0.3 is 5.97 Å². The van der Waals surface area contributed by atoms with Crippen molar-refractivity contribution in [3.05, 3.63) is 35.6 Å². The number of primary amides is 1. The quantitative estimate of drug-likeness (QED) is 0.495. The molecule has 28 heavy (non-hydrogen) atoms. The predicted molar refractivity (Wildman–Crippen MR) is 99.2 cm³/mol. The number of hydrogen-bond donors (Lipinski definition) is 3. The molecule has 9 heteroatoms. The fraction of sp³-hybridized carbons (Fsp3) is 0.474. The van der Waals surface area contributed by atoms with Gasteiger partial charge in [0, 0.05) is 13.3 Å². The number of rotatable bonds is 10. The smallest absolute Gasteiger partial charge is 0.308 e. The van der Waals surface area contributed by atoms with Gasteiger partial charge in [0.15, 0.2) is 0 Å². The van der Waals surface area contributed by atoms with E-state index >= 15 is 0 Å². The second-order valence-corrected chi connectivity index (χ2v) is 6.40. The Balaban J connectivity index is 2.90. The van der Waals surface area contributed by atoms with Crippen LogP contribution in [0.1, 0.15) is 32.8 Å². The van der Waals surface area contributed by atoms with Crippen molar-refractivity contribution >= 4 is 23.7 Å². The summed E-state index contributed by atoms with van der Waals surface area (Å²) in [5.41, 5.74) is 5.56. The van der Waals surface area contributed by atoms with E-state index in [-0.39, 0.29) is 25.0 Å². The minimum atomic E-state index is -1.15. The summed E-state index contributed by atoms with van der Waals surface area (Å²) in [7, 11) is 0. The van der Waals surface area contributed by atoms with Crippen molar-refractivity contribution < 1.29 is 28.3 Å². The van der Waals surface area contributed by atoms with Crippen LogP contribution in [0.2, 0.25) is 0 Å². The lowest BCUT2D eigenvalue weighted by Gasteiger charge is -2.23. The zero-order valence-corrected chi connectivity index (χ0v) is 16.2. The minimum Gasteiger partial charge on any atom is -0.466 e. The van der Waals surface area contributed by atoms with Crippen molar-refractivity contribution in [1.82, 2.24) is 10.6 Å². The third-order valence-electron chi connectivity index (χ3n) is 4.01. The maximum atomic E-state index is 13.9. The summed E-state index contributed by atoms with van der Waals surface area (Å²) in [5, 5.41) is 4.87. The SMILES string of the molecule is CCOC(=O)[C@@H](C)C[C@H](NC(=O)[C@H](Cc1ccccc1F)NC(C)=O)C(N)=O. The third kappa shape index (κ3) is 7.34. The van der Waals surface area contributed by atoms with Gasteiger partial charge in [-0.3, -0.25) is 19.2 Å². The van der Waals surface area contributed by atoms with E-state index in [2.05, 4.69) is 10.6 Å². The van der Waals surface area contributed by atoms with Crippen molar-refractivity contribution in [2.24, 2.45) is 11.7 Å². The van der Waals surface area contributed by atoms with E-state index in [4.69, 9.17) is 10.5 Å². The molecule has 4 N–H and O–H groups in total. The molecule has 0 heterocycles. The highest BCUT2D eigenvalue weighted by Crippen LogP contribution is 2.12. The number of halogens is 1. The maximum absolute atomic E-state index is 13.9. The van der Waals surface area contributed by atoms with Crippen LogP contribution in [0.3, 0.4) is 0 Å². The largest absolute Gasteiger partial charge is 0.466 e. The van der Waals surface area contributed by atoms with Crippen LogP contribution in [-0.4, -0.2) is 42.4 Å². The lowest BCUT2D eigenvalue weighted by molar-refractivity contribution is -0.148. The Kier molecular flexibility index (Phi) is 9.07. The minimum absolute atomic E-state index is 0.0631. The number of hydrogen-bond acceptors (Lipinski definition) is 5. The molecule has 0 aliphatic heterocycles. The Morgan fingerprint density at radius 2 is 1.79 bits per heavy atom. The Labute approximate surface area is 163 Å². The van der Waals surface area contributed by atoms with Gasteiger partial charge in [0.05, 0.1) is 12.5 Å². The molecule has 0 aliphatic carbocycles. The number of carbonyl (C=O) groups is 4. The van der Waals surface area contributed by atoms with Gasteiger partial charge in [-0.05, 0) is 25.0 Å². The number of ether oxygens (including phenoxy) is 1. The number of nitrogens with two attached hydrogens (primary N) is 1. The molecule has 0 bridgehead atoms. The molecule has 3 atom stereocenters. The summed E-state index contributed by atoms with van der Waals surface area (Å²) in [6.45, 7) is 4.60. The molecule has 8 nitrogen and oxygen atoms in total. The van der Waals surface area contributed by atoms with Gasteiger partial charge < -0.3 is 21.1 Å². The van der Waals surface area contributed by atoms with Crippen molar-refractivity contribution in [3.8, 4) is 0 Å². The molecule has 0 radical (unpaired) electrons.